The third-order valence-corrected chi connectivity index (χ3v) is 2.75. The van der Waals surface area contributed by atoms with Crippen molar-refractivity contribution >= 4 is 21.7 Å². The van der Waals surface area contributed by atoms with Gasteiger partial charge in [-0.1, -0.05) is 12.1 Å². The Bertz CT molecular complexity index is 555. The zero-order valence-electron chi connectivity index (χ0n) is 9.18. The Hall–Kier alpha value is -1.68. The summed E-state index contributed by atoms with van der Waals surface area (Å²) in [5, 5.41) is 0. The summed E-state index contributed by atoms with van der Waals surface area (Å²) in [6.45, 7) is 0. The van der Waals surface area contributed by atoms with Gasteiger partial charge < -0.3 is 4.74 Å². The summed E-state index contributed by atoms with van der Waals surface area (Å²) in [4.78, 5) is 16.2. The van der Waals surface area contributed by atoms with Crippen molar-refractivity contribution in [2.45, 2.75) is 0 Å². The van der Waals surface area contributed by atoms with Gasteiger partial charge in [0.05, 0.1) is 12.7 Å². The van der Waals surface area contributed by atoms with Crippen LogP contribution in [-0.2, 0) is 0 Å². The lowest BCUT2D eigenvalue weighted by Gasteiger charge is -2.06. The highest BCUT2D eigenvalue weighted by molar-refractivity contribution is 9.10. The van der Waals surface area contributed by atoms with Crippen LogP contribution in [0.5, 0.6) is 5.75 Å². The number of nitrogens with zero attached hydrogens (tertiary/aromatic N) is 1. The number of aromatic nitrogens is 1. The van der Waals surface area contributed by atoms with Gasteiger partial charge >= 0.3 is 0 Å². The zero-order chi connectivity index (χ0) is 12.3. The molecule has 0 aliphatic rings. The van der Waals surface area contributed by atoms with E-state index in [9.17, 15) is 4.79 Å². The molecule has 0 saturated carbocycles. The monoisotopic (exact) mass is 291 g/mol. The van der Waals surface area contributed by atoms with Gasteiger partial charge in [-0.2, -0.15) is 0 Å². The van der Waals surface area contributed by atoms with E-state index in [0.29, 0.717) is 16.9 Å². The Balaban J connectivity index is 2.44. The van der Waals surface area contributed by atoms with Crippen LogP contribution in [0.1, 0.15) is 15.9 Å². The molecule has 1 aromatic carbocycles. The summed E-state index contributed by atoms with van der Waals surface area (Å²) in [5.41, 5.74) is 1.07. The third kappa shape index (κ3) is 2.53. The highest BCUT2D eigenvalue weighted by Gasteiger charge is 2.14. The quantitative estimate of drug-likeness (QED) is 0.816. The van der Waals surface area contributed by atoms with Crippen molar-refractivity contribution in [1.29, 1.82) is 0 Å². The number of ketones is 1. The molecule has 0 amide bonds. The second kappa shape index (κ2) is 5.10. The first kappa shape index (κ1) is 11.8. The minimum Gasteiger partial charge on any atom is -0.496 e. The standard InChI is InChI=1S/C13H10BrNO2/c1-17-12-5-3-2-4-11(12)13(16)9-6-10(14)8-15-7-9/h2-8H,1H3. The fourth-order valence-electron chi connectivity index (χ4n) is 1.52. The molecule has 2 aromatic rings. The SMILES string of the molecule is COc1ccccc1C(=O)c1cncc(Br)c1. The molecule has 0 N–H and O–H groups in total. The number of para-hydroxylation sites is 1. The molecule has 0 radical (unpaired) electrons. The van der Waals surface area contributed by atoms with Crippen LogP contribution in [0, 0.1) is 0 Å². The number of methoxy groups -OCH3 is 1. The first-order valence-corrected chi connectivity index (χ1v) is 5.80. The summed E-state index contributed by atoms with van der Waals surface area (Å²) in [7, 11) is 1.55. The Morgan fingerprint density at radius 3 is 2.76 bits per heavy atom. The summed E-state index contributed by atoms with van der Waals surface area (Å²) in [6, 6.07) is 8.87. The molecule has 0 aliphatic carbocycles. The molecular formula is C13H10BrNO2. The summed E-state index contributed by atoms with van der Waals surface area (Å²) in [5.74, 6) is 0.466. The van der Waals surface area contributed by atoms with Crippen molar-refractivity contribution < 1.29 is 9.53 Å². The van der Waals surface area contributed by atoms with Gasteiger partial charge in [0.25, 0.3) is 0 Å². The molecule has 0 unspecified atom stereocenters. The number of carbonyl (C=O) groups is 1. The average Bonchev–Trinajstić information content (AvgIpc) is 2.38. The second-order valence-corrected chi connectivity index (χ2v) is 4.34. The summed E-state index contributed by atoms with van der Waals surface area (Å²) >= 11 is 3.29. The van der Waals surface area contributed by atoms with Crippen LogP contribution >= 0.6 is 15.9 Å². The number of benzene rings is 1. The highest BCUT2D eigenvalue weighted by atomic mass is 79.9. The van der Waals surface area contributed by atoms with E-state index in [1.54, 1.807) is 43.8 Å². The summed E-state index contributed by atoms with van der Waals surface area (Å²) in [6.07, 6.45) is 3.18. The molecule has 1 heterocycles. The number of pyridine rings is 1. The minimum atomic E-state index is -0.101. The molecule has 0 fully saturated rings. The maximum atomic E-state index is 12.2. The predicted octanol–water partition coefficient (Wildman–Crippen LogP) is 3.08. The number of rotatable bonds is 3. The van der Waals surface area contributed by atoms with E-state index >= 15 is 0 Å². The predicted molar refractivity (Wildman–Crippen MR) is 68.4 cm³/mol. The van der Waals surface area contributed by atoms with Crippen molar-refractivity contribution in [3.63, 3.8) is 0 Å². The van der Waals surface area contributed by atoms with Gasteiger partial charge in [0.15, 0.2) is 5.78 Å². The van der Waals surface area contributed by atoms with E-state index in [0.717, 1.165) is 4.47 Å². The average molecular weight is 292 g/mol. The largest absolute Gasteiger partial charge is 0.496 e. The lowest BCUT2D eigenvalue weighted by Crippen LogP contribution is -2.04. The maximum absolute atomic E-state index is 12.2. The Kier molecular flexibility index (Phi) is 3.54. The number of carbonyl (C=O) groups excluding carboxylic acids is 1. The lowest BCUT2D eigenvalue weighted by molar-refractivity contribution is 0.103. The van der Waals surface area contributed by atoms with Gasteiger partial charge in [-0.15, -0.1) is 0 Å². The molecule has 0 spiro atoms. The number of halogens is 1. The van der Waals surface area contributed by atoms with E-state index in [-0.39, 0.29) is 5.78 Å². The van der Waals surface area contributed by atoms with E-state index < -0.39 is 0 Å². The third-order valence-electron chi connectivity index (χ3n) is 2.32. The van der Waals surface area contributed by atoms with Gasteiger partial charge in [0.2, 0.25) is 0 Å². The molecule has 0 bridgehead atoms. The fraction of sp³-hybridized carbons (Fsp3) is 0.0769. The topological polar surface area (TPSA) is 39.2 Å². The molecule has 1 aromatic heterocycles. The van der Waals surface area contributed by atoms with Gasteiger partial charge in [0, 0.05) is 22.4 Å². The van der Waals surface area contributed by atoms with Crippen molar-refractivity contribution in [1.82, 2.24) is 4.98 Å². The van der Waals surface area contributed by atoms with E-state index in [2.05, 4.69) is 20.9 Å². The van der Waals surface area contributed by atoms with Crippen molar-refractivity contribution in [3.05, 3.63) is 58.3 Å². The van der Waals surface area contributed by atoms with Crippen LogP contribution in [0.15, 0.2) is 47.2 Å². The molecule has 0 saturated heterocycles. The maximum Gasteiger partial charge on any atom is 0.198 e. The van der Waals surface area contributed by atoms with Crippen molar-refractivity contribution in [2.75, 3.05) is 7.11 Å². The smallest absolute Gasteiger partial charge is 0.198 e. The Morgan fingerprint density at radius 2 is 2.06 bits per heavy atom. The number of ether oxygens (including phenoxy) is 1. The molecule has 3 nitrogen and oxygen atoms in total. The minimum absolute atomic E-state index is 0.101. The van der Waals surface area contributed by atoms with Crippen LogP contribution in [0.3, 0.4) is 0 Å². The summed E-state index contributed by atoms with van der Waals surface area (Å²) < 4.78 is 5.94. The molecule has 17 heavy (non-hydrogen) atoms. The van der Waals surface area contributed by atoms with E-state index in [4.69, 9.17) is 4.74 Å². The zero-order valence-corrected chi connectivity index (χ0v) is 10.8. The number of hydrogen-bond donors (Lipinski definition) is 0. The van der Waals surface area contributed by atoms with Crippen LogP contribution in [0.25, 0.3) is 0 Å². The van der Waals surface area contributed by atoms with Gasteiger partial charge in [-0.3, -0.25) is 9.78 Å². The Morgan fingerprint density at radius 1 is 1.29 bits per heavy atom. The van der Waals surface area contributed by atoms with Gasteiger partial charge in [0.1, 0.15) is 5.75 Å². The fourth-order valence-corrected chi connectivity index (χ4v) is 1.89. The van der Waals surface area contributed by atoms with Crippen molar-refractivity contribution in [3.8, 4) is 5.75 Å². The second-order valence-electron chi connectivity index (χ2n) is 3.42. The highest BCUT2D eigenvalue weighted by Crippen LogP contribution is 2.21. The molecule has 2 rings (SSSR count). The Labute approximate surface area is 108 Å². The molecule has 4 heteroatoms. The van der Waals surface area contributed by atoms with E-state index in [1.165, 1.54) is 0 Å². The van der Waals surface area contributed by atoms with Crippen LogP contribution in [0.4, 0.5) is 0 Å². The van der Waals surface area contributed by atoms with Gasteiger partial charge in [-0.25, -0.2) is 0 Å². The van der Waals surface area contributed by atoms with Crippen LogP contribution < -0.4 is 4.74 Å². The first-order valence-electron chi connectivity index (χ1n) is 5.00. The molecular weight excluding hydrogens is 282 g/mol. The van der Waals surface area contributed by atoms with E-state index in [1.807, 2.05) is 6.07 Å². The molecule has 0 atom stereocenters. The van der Waals surface area contributed by atoms with Gasteiger partial charge in [-0.05, 0) is 34.1 Å². The lowest BCUT2D eigenvalue weighted by atomic mass is 10.0. The van der Waals surface area contributed by atoms with Crippen LogP contribution in [0.2, 0.25) is 0 Å². The normalized spacial score (nSPS) is 10.0. The number of hydrogen-bond acceptors (Lipinski definition) is 3. The molecule has 0 aliphatic heterocycles. The van der Waals surface area contributed by atoms with Crippen molar-refractivity contribution in [2.24, 2.45) is 0 Å². The molecule has 86 valence electrons. The first-order chi connectivity index (χ1) is 8.22. The van der Waals surface area contributed by atoms with Crippen LogP contribution in [-0.4, -0.2) is 17.9 Å².